The van der Waals surface area contributed by atoms with E-state index in [0.717, 1.165) is 21.3 Å². The van der Waals surface area contributed by atoms with E-state index >= 15 is 0 Å². The van der Waals surface area contributed by atoms with Gasteiger partial charge in [0.1, 0.15) is 6.29 Å². The second-order valence-corrected chi connectivity index (χ2v) is 6.12. The molecule has 2 aromatic carbocycles. The predicted molar refractivity (Wildman–Crippen MR) is 78.2 cm³/mol. The van der Waals surface area contributed by atoms with Crippen LogP contribution in [0.25, 0.3) is 0 Å². The van der Waals surface area contributed by atoms with Crippen LogP contribution in [0.15, 0.2) is 50.7 Å². The molecule has 0 saturated heterocycles. The molecular formula is C14H10BrNOS. The van der Waals surface area contributed by atoms with Crippen LogP contribution in [0.1, 0.15) is 10.4 Å². The highest BCUT2D eigenvalue weighted by Gasteiger charge is 2.20. The number of carbonyl (C=O) groups excluding carboxylic acids is 1. The zero-order valence-electron chi connectivity index (χ0n) is 9.68. The van der Waals surface area contributed by atoms with Gasteiger partial charge in [0.25, 0.3) is 0 Å². The summed E-state index contributed by atoms with van der Waals surface area (Å²) in [7, 11) is 2.05. The summed E-state index contributed by atoms with van der Waals surface area (Å²) in [5.41, 5.74) is 3.04. The molecule has 90 valence electrons. The quantitative estimate of drug-likeness (QED) is 0.722. The van der Waals surface area contributed by atoms with Crippen molar-refractivity contribution in [2.45, 2.75) is 9.79 Å². The van der Waals surface area contributed by atoms with Crippen LogP contribution in [-0.2, 0) is 0 Å². The van der Waals surface area contributed by atoms with Crippen molar-refractivity contribution < 1.29 is 4.79 Å². The lowest BCUT2D eigenvalue weighted by Crippen LogP contribution is -2.14. The summed E-state index contributed by atoms with van der Waals surface area (Å²) >= 11 is 5.19. The van der Waals surface area contributed by atoms with Gasteiger partial charge < -0.3 is 4.90 Å². The molecule has 4 heteroatoms. The summed E-state index contributed by atoms with van der Waals surface area (Å²) in [6.07, 6.45) is 0.886. The Balaban J connectivity index is 2.15. The second kappa shape index (κ2) is 4.44. The van der Waals surface area contributed by atoms with Crippen molar-refractivity contribution in [2.24, 2.45) is 0 Å². The average Bonchev–Trinajstić information content (AvgIpc) is 2.38. The number of hydrogen-bond acceptors (Lipinski definition) is 3. The third-order valence-corrected chi connectivity index (χ3v) is 4.57. The molecule has 3 rings (SSSR count). The first kappa shape index (κ1) is 11.8. The van der Waals surface area contributed by atoms with Gasteiger partial charge in [0.2, 0.25) is 0 Å². The van der Waals surface area contributed by atoms with Crippen LogP contribution in [-0.4, -0.2) is 13.3 Å². The highest BCUT2D eigenvalue weighted by atomic mass is 79.9. The molecule has 0 N–H and O–H groups in total. The Hall–Kier alpha value is -1.26. The Morgan fingerprint density at radius 2 is 1.78 bits per heavy atom. The number of hydrogen-bond donors (Lipinski definition) is 0. The van der Waals surface area contributed by atoms with Gasteiger partial charge in [-0.25, -0.2) is 0 Å². The van der Waals surface area contributed by atoms with Gasteiger partial charge in [0.15, 0.2) is 0 Å². The lowest BCUT2D eigenvalue weighted by atomic mass is 10.2. The molecule has 0 aromatic heterocycles. The lowest BCUT2D eigenvalue weighted by Gasteiger charge is -2.29. The van der Waals surface area contributed by atoms with E-state index in [9.17, 15) is 4.79 Å². The number of anilines is 2. The van der Waals surface area contributed by atoms with E-state index in [2.05, 4.69) is 33.0 Å². The lowest BCUT2D eigenvalue weighted by molar-refractivity contribution is 0.112. The smallest absolute Gasteiger partial charge is 0.150 e. The predicted octanol–water partition coefficient (Wildman–Crippen LogP) is 4.49. The Morgan fingerprint density at radius 1 is 1.11 bits per heavy atom. The Kier molecular flexibility index (Phi) is 2.92. The highest BCUT2D eigenvalue weighted by Crippen LogP contribution is 2.48. The number of aldehydes is 1. The number of rotatable bonds is 1. The Labute approximate surface area is 118 Å². The maximum atomic E-state index is 10.8. The molecular weight excluding hydrogens is 310 g/mol. The van der Waals surface area contributed by atoms with E-state index in [1.165, 1.54) is 10.6 Å². The fourth-order valence-electron chi connectivity index (χ4n) is 2.06. The van der Waals surface area contributed by atoms with Gasteiger partial charge >= 0.3 is 0 Å². The maximum Gasteiger partial charge on any atom is 0.150 e. The van der Waals surface area contributed by atoms with Crippen molar-refractivity contribution in [3.63, 3.8) is 0 Å². The van der Waals surface area contributed by atoms with Gasteiger partial charge in [0.05, 0.1) is 11.4 Å². The minimum atomic E-state index is 0.716. The molecule has 1 heterocycles. The van der Waals surface area contributed by atoms with Crippen molar-refractivity contribution >= 4 is 45.4 Å². The zero-order chi connectivity index (χ0) is 12.7. The van der Waals surface area contributed by atoms with E-state index in [0.29, 0.717) is 5.56 Å². The van der Waals surface area contributed by atoms with Gasteiger partial charge in [-0.15, -0.1) is 0 Å². The number of carbonyl (C=O) groups is 1. The number of halogens is 1. The van der Waals surface area contributed by atoms with Gasteiger partial charge in [-0.1, -0.05) is 27.7 Å². The standard InChI is InChI=1S/C14H10BrNOS/c1-16-11-4-2-9(8-17)6-13(11)18-14-7-10(15)3-5-12(14)16/h2-8H,1H3. The molecule has 0 unspecified atom stereocenters. The van der Waals surface area contributed by atoms with E-state index in [1.807, 2.05) is 31.3 Å². The average molecular weight is 320 g/mol. The third-order valence-electron chi connectivity index (χ3n) is 2.98. The summed E-state index contributed by atoms with van der Waals surface area (Å²) in [5.74, 6) is 0. The van der Waals surface area contributed by atoms with Crippen molar-refractivity contribution in [1.29, 1.82) is 0 Å². The molecule has 0 fully saturated rings. The summed E-state index contributed by atoms with van der Waals surface area (Å²) in [6, 6.07) is 12.0. The molecule has 1 aliphatic rings. The number of fused-ring (bicyclic) bond motifs is 2. The molecule has 0 atom stereocenters. The van der Waals surface area contributed by atoms with Gasteiger partial charge in [-0.05, 0) is 36.4 Å². The summed E-state index contributed by atoms with van der Waals surface area (Å²) < 4.78 is 1.07. The maximum absolute atomic E-state index is 10.8. The van der Waals surface area contributed by atoms with E-state index in [1.54, 1.807) is 11.8 Å². The topological polar surface area (TPSA) is 20.3 Å². The Morgan fingerprint density at radius 3 is 2.50 bits per heavy atom. The van der Waals surface area contributed by atoms with Crippen molar-refractivity contribution in [1.82, 2.24) is 0 Å². The summed E-state index contributed by atoms with van der Waals surface area (Å²) in [6.45, 7) is 0. The van der Waals surface area contributed by atoms with Crippen LogP contribution in [0.2, 0.25) is 0 Å². The second-order valence-electron chi connectivity index (χ2n) is 4.12. The number of benzene rings is 2. The Bertz CT molecular complexity index is 642. The fraction of sp³-hybridized carbons (Fsp3) is 0.0714. The minimum Gasteiger partial charge on any atom is -0.343 e. The molecule has 0 amide bonds. The third kappa shape index (κ3) is 1.85. The highest BCUT2D eigenvalue weighted by molar-refractivity contribution is 9.10. The van der Waals surface area contributed by atoms with Crippen LogP contribution in [0.3, 0.4) is 0 Å². The zero-order valence-corrected chi connectivity index (χ0v) is 12.1. The van der Waals surface area contributed by atoms with E-state index < -0.39 is 0 Å². The van der Waals surface area contributed by atoms with E-state index in [4.69, 9.17) is 0 Å². The summed E-state index contributed by atoms with van der Waals surface area (Å²) in [4.78, 5) is 15.3. The van der Waals surface area contributed by atoms with Crippen LogP contribution in [0, 0.1) is 0 Å². The number of nitrogens with zero attached hydrogens (tertiary/aromatic N) is 1. The van der Waals surface area contributed by atoms with Crippen LogP contribution in [0.4, 0.5) is 11.4 Å². The first-order valence-corrected chi connectivity index (χ1v) is 7.10. The van der Waals surface area contributed by atoms with Gasteiger partial charge in [0, 0.05) is 26.9 Å². The van der Waals surface area contributed by atoms with Gasteiger partial charge in [-0.2, -0.15) is 0 Å². The molecule has 2 aromatic rings. The largest absolute Gasteiger partial charge is 0.343 e. The molecule has 0 saturated carbocycles. The first-order valence-electron chi connectivity index (χ1n) is 5.49. The molecule has 1 aliphatic heterocycles. The van der Waals surface area contributed by atoms with Crippen molar-refractivity contribution in [2.75, 3.05) is 11.9 Å². The molecule has 0 aliphatic carbocycles. The van der Waals surface area contributed by atoms with Crippen LogP contribution in [0.5, 0.6) is 0 Å². The molecule has 0 spiro atoms. The molecule has 0 bridgehead atoms. The monoisotopic (exact) mass is 319 g/mol. The molecule has 0 radical (unpaired) electrons. The normalized spacial score (nSPS) is 12.9. The van der Waals surface area contributed by atoms with E-state index in [-0.39, 0.29) is 0 Å². The minimum absolute atomic E-state index is 0.716. The summed E-state index contributed by atoms with van der Waals surface area (Å²) in [5, 5.41) is 0. The SMILES string of the molecule is CN1c2ccc(Br)cc2Sc2cc(C=O)ccc21. The van der Waals surface area contributed by atoms with Gasteiger partial charge in [-0.3, -0.25) is 4.79 Å². The van der Waals surface area contributed by atoms with Crippen molar-refractivity contribution in [3.8, 4) is 0 Å². The van der Waals surface area contributed by atoms with Crippen molar-refractivity contribution in [3.05, 3.63) is 46.4 Å². The fourth-order valence-corrected chi connectivity index (χ4v) is 3.81. The first-order chi connectivity index (χ1) is 8.69. The van der Waals surface area contributed by atoms with Crippen LogP contribution < -0.4 is 4.90 Å². The molecule has 2 nitrogen and oxygen atoms in total. The van der Waals surface area contributed by atoms with Crippen LogP contribution >= 0.6 is 27.7 Å². The molecule has 18 heavy (non-hydrogen) atoms.